The summed E-state index contributed by atoms with van der Waals surface area (Å²) < 4.78 is 5.47. The monoisotopic (exact) mass is 268 g/mol. The van der Waals surface area contributed by atoms with Gasteiger partial charge in [-0.2, -0.15) is 0 Å². The van der Waals surface area contributed by atoms with Gasteiger partial charge in [-0.05, 0) is 71.9 Å². The van der Waals surface area contributed by atoms with E-state index in [2.05, 4.69) is 31.0 Å². The fourth-order valence-corrected chi connectivity index (χ4v) is 3.53. The third-order valence-electron chi connectivity index (χ3n) is 4.96. The molecule has 0 aromatic rings. The van der Waals surface area contributed by atoms with Crippen LogP contribution in [-0.4, -0.2) is 49.3 Å². The van der Waals surface area contributed by atoms with Crippen molar-refractivity contribution in [1.82, 2.24) is 10.2 Å². The highest BCUT2D eigenvalue weighted by atomic mass is 16.5. The van der Waals surface area contributed by atoms with Crippen LogP contribution in [0.1, 0.15) is 52.9 Å². The number of hydrogen-bond donors (Lipinski definition) is 1. The molecule has 2 atom stereocenters. The predicted octanol–water partition coefficient (Wildman–Crippen LogP) is 2.65. The van der Waals surface area contributed by atoms with Gasteiger partial charge >= 0.3 is 0 Å². The van der Waals surface area contributed by atoms with Crippen molar-refractivity contribution in [2.45, 2.75) is 71.0 Å². The fourth-order valence-electron chi connectivity index (χ4n) is 3.53. The number of hydrogen-bond acceptors (Lipinski definition) is 3. The maximum atomic E-state index is 5.47. The Hall–Kier alpha value is -0.120. The minimum atomic E-state index is 0.652. The second-order valence-electron chi connectivity index (χ2n) is 6.66. The number of nitrogens with zero attached hydrogens (tertiary/aromatic N) is 1. The van der Waals surface area contributed by atoms with Gasteiger partial charge in [0.25, 0.3) is 0 Å². The first kappa shape index (κ1) is 15.3. The highest BCUT2D eigenvalue weighted by Gasteiger charge is 2.24. The van der Waals surface area contributed by atoms with Gasteiger partial charge in [0.05, 0.1) is 0 Å². The molecular weight excluding hydrogens is 236 g/mol. The van der Waals surface area contributed by atoms with E-state index < -0.39 is 0 Å². The van der Waals surface area contributed by atoms with E-state index in [1.807, 2.05) is 0 Å². The minimum absolute atomic E-state index is 0.652. The van der Waals surface area contributed by atoms with Crippen LogP contribution in [-0.2, 0) is 4.74 Å². The first-order chi connectivity index (χ1) is 9.16. The van der Waals surface area contributed by atoms with Gasteiger partial charge in [-0.25, -0.2) is 0 Å². The molecule has 1 N–H and O–H groups in total. The van der Waals surface area contributed by atoms with E-state index in [1.54, 1.807) is 0 Å². The quantitative estimate of drug-likeness (QED) is 0.848. The summed E-state index contributed by atoms with van der Waals surface area (Å²) in [5, 5.41) is 3.91. The molecular formula is C16H32N2O. The van der Waals surface area contributed by atoms with E-state index >= 15 is 0 Å². The van der Waals surface area contributed by atoms with E-state index in [-0.39, 0.29) is 0 Å². The normalized spacial score (nSPS) is 29.4. The highest BCUT2D eigenvalue weighted by molar-refractivity contribution is 4.82. The Morgan fingerprint density at radius 3 is 2.42 bits per heavy atom. The Balaban J connectivity index is 1.75. The smallest absolute Gasteiger partial charge is 0.0469 e. The maximum absolute atomic E-state index is 5.47. The van der Waals surface area contributed by atoms with Crippen LogP contribution in [0, 0.1) is 5.92 Å². The number of ether oxygens (including phenoxy) is 1. The molecule has 0 aromatic heterocycles. The zero-order chi connectivity index (χ0) is 13.7. The molecule has 0 spiro atoms. The van der Waals surface area contributed by atoms with Crippen molar-refractivity contribution in [2.24, 2.45) is 5.92 Å². The van der Waals surface area contributed by atoms with Gasteiger partial charge < -0.3 is 15.0 Å². The van der Waals surface area contributed by atoms with Crippen molar-refractivity contribution >= 4 is 0 Å². The van der Waals surface area contributed by atoms with Crippen molar-refractivity contribution in [3.05, 3.63) is 0 Å². The van der Waals surface area contributed by atoms with E-state index in [9.17, 15) is 0 Å². The van der Waals surface area contributed by atoms with Crippen LogP contribution in [0.15, 0.2) is 0 Å². The van der Waals surface area contributed by atoms with Crippen LogP contribution >= 0.6 is 0 Å². The molecule has 2 fully saturated rings. The second-order valence-corrected chi connectivity index (χ2v) is 6.66. The van der Waals surface area contributed by atoms with E-state index in [0.29, 0.717) is 12.1 Å². The maximum Gasteiger partial charge on any atom is 0.0469 e. The summed E-state index contributed by atoms with van der Waals surface area (Å²) in [6, 6.07) is 2.08. The highest BCUT2D eigenvalue weighted by Crippen LogP contribution is 2.21. The van der Waals surface area contributed by atoms with Crippen molar-refractivity contribution in [3.8, 4) is 0 Å². The second kappa shape index (κ2) is 7.61. The molecule has 0 saturated carbocycles. The largest absolute Gasteiger partial charge is 0.381 e. The summed E-state index contributed by atoms with van der Waals surface area (Å²) >= 11 is 0. The van der Waals surface area contributed by atoms with Gasteiger partial charge in [0, 0.05) is 31.3 Å². The van der Waals surface area contributed by atoms with E-state index in [4.69, 9.17) is 4.74 Å². The van der Waals surface area contributed by atoms with Crippen LogP contribution in [0.5, 0.6) is 0 Å². The average molecular weight is 268 g/mol. The summed E-state index contributed by atoms with van der Waals surface area (Å²) in [4.78, 5) is 2.63. The van der Waals surface area contributed by atoms with Gasteiger partial charge in [0.1, 0.15) is 0 Å². The lowest BCUT2D eigenvalue weighted by molar-refractivity contribution is 0.0541. The van der Waals surface area contributed by atoms with Crippen molar-refractivity contribution < 1.29 is 4.74 Å². The van der Waals surface area contributed by atoms with E-state index in [0.717, 1.165) is 25.2 Å². The molecule has 112 valence electrons. The molecule has 0 aliphatic carbocycles. The number of rotatable bonds is 4. The lowest BCUT2D eigenvalue weighted by Gasteiger charge is -2.31. The Bertz CT molecular complexity index is 251. The summed E-state index contributed by atoms with van der Waals surface area (Å²) in [6.07, 6.45) is 6.47. The van der Waals surface area contributed by atoms with Gasteiger partial charge in [-0.1, -0.05) is 0 Å². The molecule has 2 saturated heterocycles. The van der Waals surface area contributed by atoms with E-state index in [1.165, 1.54) is 45.2 Å². The van der Waals surface area contributed by atoms with Gasteiger partial charge in [0.15, 0.2) is 0 Å². The molecule has 0 bridgehead atoms. The molecule has 0 amide bonds. The molecule has 2 unspecified atom stereocenters. The van der Waals surface area contributed by atoms with Gasteiger partial charge in [-0.15, -0.1) is 0 Å². The standard InChI is InChI=1S/C16H32N2O/c1-13(2)18-9-4-5-16(6-10-18)17-14(3)15-7-11-19-12-8-15/h13-17H,4-12H2,1-3H3. The average Bonchev–Trinajstić information content (AvgIpc) is 2.65. The molecule has 0 radical (unpaired) electrons. The summed E-state index contributed by atoms with van der Waals surface area (Å²) in [6.45, 7) is 11.5. The number of nitrogens with one attached hydrogen (secondary N) is 1. The van der Waals surface area contributed by atoms with Crippen molar-refractivity contribution in [2.75, 3.05) is 26.3 Å². The molecule has 2 heterocycles. The Morgan fingerprint density at radius 1 is 1.00 bits per heavy atom. The third-order valence-corrected chi connectivity index (χ3v) is 4.96. The fraction of sp³-hybridized carbons (Fsp3) is 1.00. The Morgan fingerprint density at radius 2 is 1.74 bits per heavy atom. The lowest BCUT2D eigenvalue weighted by atomic mass is 9.92. The molecule has 2 aliphatic rings. The third kappa shape index (κ3) is 4.73. The number of likely N-dealkylation sites (tertiary alicyclic amines) is 1. The molecule has 3 nitrogen and oxygen atoms in total. The SMILES string of the molecule is CC(NC1CCCN(C(C)C)CC1)C1CCOCC1. The molecule has 0 aromatic carbocycles. The molecule has 2 rings (SSSR count). The molecule has 2 aliphatic heterocycles. The lowest BCUT2D eigenvalue weighted by Crippen LogP contribution is -2.43. The van der Waals surface area contributed by atoms with Crippen molar-refractivity contribution in [3.63, 3.8) is 0 Å². The minimum Gasteiger partial charge on any atom is -0.381 e. The van der Waals surface area contributed by atoms with Crippen LogP contribution in [0.4, 0.5) is 0 Å². The van der Waals surface area contributed by atoms with Crippen LogP contribution in [0.3, 0.4) is 0 Å². The van der Waals surface area contributed by atoms with Gasteiger partial charge in [-0.3, -0.25) is 0 Å². The predicted molar refractivity (Wildman–Crippen MR) is 80.5 cm³/mol. The van der Waals surface area contributed by atoms with Gasteiger partial charge in [0.2, 0.25) is 0 Å². The summed E-state index contributed by atoms with van der Waals surface area (Å²) in [5.41, 5.74) is 0. The zero-order valence-electron chi connectivity index (χ0n) is 13.0. The van der Waals surface area contributed by atoms with Crippen LogP contribution < -0.4 is 5.32 Å². The van der Waals surface area contributed by atoms with Crippen LogP contribution in [0.2, 0.25) is 0 Å². The van der Waals surface area contributed by atoms with Crippen LogP contribution in [0.25, 0.3) is 0 Å². The molecule has 3 heteroatoms. The summed E-state index contributed by atoms with van der Waals surface area (Å²) in [5.74, 6) is 0.818. The topological polar surface area (TPSA) is 24.5 Å². The Kier molecular flexibility index (Phi) is 6.11. The van der Waals surface area contributed by atoms with Crippen molar-refractivity contribution in [1.29, 1.82) is 0 Å². The first-order valence-electron chi connectivity index (χ1n) is 8.24. The summed E-state index contributed by atoms with van der Waals surface area (Å²) in [7, 11) is 0. The zero-order valence-corrected chi connectivity index (χ0v) is 13.0. The molecule has 19 heavy (non-hydrogen) atoms. The Labute approximate surface area is 119 Å². The first-order valence-corrected chi connectivity index (χ1v) is 8.24.